The molecule has 0 saturated carbocycles. The summed E-state index contributed by atoms with van der Waals surface area (Å²) in [6.07, 6.45) is 1.48. The molecule has 2 aliphatic rings. The quantitative estimate of drug-likeness (QED) is 0.501. The first-order chi connectivity index (χ1) is 6.59. The van der Waals surface area contributed by atoms with Crippen LogP contribution < -0.4 is 11.4 Å². The van der Waals surface area contributed by atoms with E-state index in [0.717, 1.165) is 0 Å². The van der Waals surface area contributed by atoms with Crippen molar-refractivity contribution in [3.05, 3.63) is 27.2 Å². The smallest absolute Gasteiger partial charge is 0.301 e. The van der Waals surface area contributed by atoms with Crippen LogP contribution in [0.3, 0.4) is 0 Å². The Labute approximate surface area is 78.0 Å². The number of hydrogen-bond acceptors (Lipinski definition) is 5. The standard InChI is InChI=1S/C7H7N5O2/c1-11-3-4-5(12(2)7(11)14)8-6(13)10-9-4/h3H,1-2H3. The second kappa shape index (κ2) is 2.72. The summed E-state index contributed by atoms with van der Waals surface area (Å²) < 4.78 is 2.61. The first kappa shape index (κ1) is 8.54. The van der Waals surface area contributed by atoms with Crippen molar-refractivity contribution in [2.45, 2.75) is 0 Å². The molecule has 0 aromatic rings. The van der Waals surface area contributed by atoms with E-state index in [4.69, 9.17) is 0 Å². The molecule has 0 aromatic heterocycles. The molecule has 2 heterocycles. The van der Waals surface area contributed by atoms with Crippen LogP contribution in [0.15, 0.2) is 15.8 Å². The van der Waals surface area contributed by atoms with Crippen LogP contribution in [0.1, 0.15) is 0 Å². The predicted molar refractivity (Wildman–Crippen MR) is 46.9 cm³/mol. The molecule has 0 unspecified atom stereocenters. The van der Waals surface area contributed by atoms with Gasteiger partial charge in [-0.25, -0.2) is 9.59 Å². The molecule has 0 atom stereocenters. The maximum atomic E-state index is 11.4. The van der Waals surface area contributed by atoms with Gasteiger partial charge in [-0.1, -0.05) is 5.10 Å². The van der Waals surface area contributed by atoms with E-state index >= 15 is 0 Å². The lowest BCUT2D eigenvalue weighted by molar-refractivity contribution is 0.681. The van der Waals surface area contributed by atoms with Gasteiger partial charge in [0.05, 0.1) is 0 Å². The summed E-state index contributed by atoms with van der Waals surface area (Å²) in [6, 6.07) is 0. The van der Waals surface area contributed by atoms with Crippen LogP contribution >= 0.6 is 0 Å². The molecule has 0 spiro atoms. The molecule has 0 fully saturated rings. The predicted octanol–water partition coefficient (Wildman–Crippen LogP) is -1.63. The fourth-order valence-corrected chi connectivity index (χ4v) is 1.21. The molecular formula is C7H7N5O2. The van der Waals surface area contributed by atoms with Crippen LogP contribution in [-0.4, -0.2) is 24.3 Å². The maximum Gasteiger partial charge on any atom is 0.387 e. The van der Waals surface area contributed by atoms with Crippen LogP contribution in [0, 0.1) is 0 Å². The molecular weight excluding hydrogens is 186 g/mol. The molecule has 14 heavy (non-hydrogen) atoms. The highest BCUT2D eigenvalue weighted by molar-refractivity contribution is 5.46. The Bertz CT molecular complexity index is 569. The van der Waals surface area contributed by atoms with E-state index in [1.54, 1.807) is 7.05 Å². The highest BCUT2D eigenvalue weighted by atomic mass is 16.2. The van der Waals surface area contributed by atoms with Gasteiger partial charge in [0.25, 0.3) is 0 Å². The number of hydrogen-bond donors (Lipinski definition) is 0. The van der Waals surface area contributed by atoms with Crippen molar-refractivity contribution >= 4 is 0 Å². The Hall–Kier alpha value is -2.05. The van der Waals surface area contributed by atoms with E-state index in [9.17, 15) is 9.59 Å². The van der Waals surface area contributed by atoms with Crippen molar-refractivity contribution in [3.63, 3.8) is 0 Å². The molecule has 0 radical (unpaired) electrons. The van der Waals surface area contributed by atoms with Gasteiger partial charge in [0.1, 0.15) is 5.69 Å². The average Bonchev–Trinajstić information content (AvgIpc) is 2.16. The molecule has 0 aromatic carbocycles. The van der Waals surface area contributed by atoms with E-state index in [-0.39, 0.29) is 11.5 Å². The van der Waals surface area contributed by atoms with E-state index < -0.39 is 5.69 Å². The fraction of sp³-hybridized carbons (Fsp3) is 0.286. The minimum Gasteiger partial charge on any atom is -0.301 e. The van der Waals surface area contributed by atoms with Crippen molar-refractivity contribution in [2.24, 2.45) is 14.1 Å². The molecule has 2 aliphatic heterocycles. The van der Waals surface area contributed by atoms with Gasteiger partial charge in [-0.05, 0) is 0 Å². The first-order valence-corrected chi connectivity index (χ1v) is 3.86. The van der Waals surface area contributed by atoms with Gasteiger partial charge >= 0.3 is 11.4 Å². The molecule has 0 bridgehead atoms. The summed E-state index contributed by atoms with van der Waals surface area (Å²) >= 11 is 0. The van der Waals surface area contributed by atoms with E-state index in [0.29, 0.717) is 5.69 Å². The number of rotatable bonds is 0. The minimum atomic E-state index is -0.693. The van der Waals surface area contributed by atoms with Gasteiger partial charge in [-0.15, -0.1) is 5.10 Å². The van der Waals surface area contributed by atoms with Gasteiger partial charge in [0.2, 0.25) is 0 Å². The number of nitrogens with zero attached hydrogens (tertiary/aromatic N) is 5. The zero-order valence-corrected chi connectivity index (χ0v) is 7.63. The summed E-state index contributed by atoms with van der Waals surface area (Å²) in [5.41, 5.74) is -0.548. The van der Waals surface area contributed by atoms with Crippen molar-refractivity contribution in [1.29, 1.82) is 0 Å². The zero-order chi connectivity index (χ0) is 10.3. The van der Waals surface area contributed by atoms with Crippen LogP contribution in [0.4, 0.5) is 0 Å². The Kier molecular flexibility index (Phi) is 1.66. The Morgan fingerprint density at radius 3 is 2.64 bits per heavy atom. The largest absolute Gasteiger partial charge is 0.387 e. The first-order valence-electron chi connectivity index (χ1n) is 3.86. The topological polar surface area (TPSA) is 82.7 Å². The van der Waals surface area contributed by atoms with Gasteiger partial charge in [0, 0.05) is 20.3 Å². The summed E-state index contributed by atoms with van der Waals surface area (Å²) in [6.45, 7) is 0. The molecule has 72 valence electrons. The minimum absolute atomic E-state index is 0.244. The Morgan fingerprint density at radius 1 is 1.21 bits per heavy atom. The highest BCUT2D eigenvalue weighted by Gasteiger charge is 2.12. The van der Waals surface area contributed by atoms with Gasteiger partial charge in [0.15, 0.2) is 5.82 Å². The van der Waals surface area contributed by atoms with Crippen molar-refractivity contribution in [1.82, 2.24) is 24.3 Å². The van der Waals surface area contributed by atoms with Gasteiger partial charge in [-0.3, -0.25) is 4.57 Å². The molecule has 7 nitrogen and oxygen atoms in total. The highest BCUT2D eigenvalue weighted by Crippen LogP contribution is 2.07. The van der Waals surface area contributed by atoms with E-state index in [1.165, 1.54) is 22.4 Å². The second-order valence-electron chi connectivity index (χ2n) is 2.88. The fourth-order valence-electron chi connectivity index (χ4n) is 1.21. The number of fused-ring (bicyclic) bond motifs is 1. The Balaban J connectivity index is 3.00. The maximum absolute atomic E-state index is 11.4. The second-order valence-corrected chi connectivity index (χ2v) is 2.88. The van der Waals surface area contributed by atoms with Crippen molar-refractivity contribution in [2.75, 3.05) is 0 Å². The number of aryl methyl sites for hydroxylation is 1. The van der Waals surface area contributed by atoms with Crippen LogP contribution in [0.5, 0.6) is 0 Å². The van der Waals surface area contributed by atoms with Crippen LogP contribution in [-0.2, 0) is 14.1 Å². The third-order valence-electron chi connectivity index (χ3n) is 1.90. The zero-order valence-electron chi connectivity index (χ0n) is 7.63. The van der Waals surface area contributed by atoms with Gasteiger partial charge in [-0.2, -0.15) is 4.98 Å². The lowest BCUT2D eigenvalue weighted by Gasteiger charge is -2.08. The number of aromatic nitrogens is 5. The molecule has 0 aliphatic carbocycles. The van der Waals surface area contributed by atoms with Crippen molar-refractivity contribution in [3.8, 4) is 11.5 Å². The normalized spacial score (nSPS) is 10.7. The molecule has 0 N–H and O–H groups in total. The van der Waals surface area contributed by atoms with Gasteiger partial charge < -0.3 is 4.57 Å². The van der Waals surface area contributed by atoms with E-state index in [2.05, 4.69) is 15.2 Å². The summed E-state index contributed by atoms with van der Waals surface area (Å²) in [7, 11) is 3.12. The summed E-state index contributed by atoms with van der Waals surface area (Å²) in [5, 5.41) is 6.91. The molecule has 7 heteroatoms. The van der Waals surface area contributed by atoms with Crippen molar-refractivity contribution < 1.29 is 0 Å². The van der Waals surface area contributed by atoms with Crippen LogP contribution in [0.2, 0.25) is 0 Å². The summed E-state index contributed by atoms with van der Waals surface area (Å²) in [4.78, 5) is 25.9. The molecule has 0 amide bonds. The Morgan fingerprint density at radius 2 is 1.93 bits per heavy atom. The molecule has 2 rings (SSSR count). The van der Waals surface area contributed by atoms with E-state index in [1.807, 2.05) is 0 Å². The third kappa shape index (κ3) is 1.10. The molecule has 0 saturated heterocycles. The summed E-state index contributed by atoms with van der Waals surface area (Å²) in [5.74, 6) is 0.244. The monoisotopic (exact) mass is 193 g/mol. The average molecular weight is 193 g/mol. The third-order valence-corrected chi connectivity index (χ3v) is 1.90. The lowest BCUT2D eigenvalue weighted by Crippen LogP contribution is -2.31. The lowest BCUT2D eigenvalue weighted by atomic mass is 10.4. The SMILES string of the molecule is Cn1cc2nnc(=O)nc-2n(C)c1=O. The van der Waals surface area contributed by atoms with Crippen LogP contribution in [0.25, 0.3) is 11.5 Å².